The van der Waals surface area contributed by atoms with Crippen molar-refractivity contribution in [2.75, 3.05) is 5.32 Å². The number of esters is 1. The van der Waals surface area contributed by atoms with Gasteiger partial charge in [-0.2, -0.15) is 5.26 Å². The van der Waals surface area contributed by atoms with Crippen molar-refractivity contribution in [3.63, 3.8) is 0 Å². The second-order valence-electron chi connectivity index (χ2n) is 5.86. The van der Waals surface area contributed by atoms with Crippen molar-refractivity contribution >= 4 is 34.3 Å². The van der Waals surface area contributed by atoms with E-state index in [1.165, 1.54) is 30.4 Å². The monoisotopic (exact) mass is 410 g/mol. The van der Waals surface area contributed by atoms with Gasteiger partial charge in [0.15, 0.2) is 6.10 Å². The molecule has 8 heteroatoms. The molecule has 2 heterocycles. The molecule has 0 spiro atoms. The van der Waals surface area contributed by atoms with Crippen LogP contribution in [0.2, 0.25) is 0 Å². The van der Waals surface area contributed by atoms with Gasteiger partial charge in [0, 0.05) is 6.08 Å². The number of furan rings is 1. The summed E-state index contributed by atoms with van der Waals surface area (Å²) in [7, 11) is 0. The molecule has 6 nitrogen and oxygen atoms in total. The Labute approximate surface area is 169 Å². The summed E-state index contributed by atoms with van der Waals surface area (Å²) in [4.78, 5) is 24.1. The van der Waals surface area contributed by atoms with Crippen LogP contribution in [-0.2, 0) is 14.3 Å². The van der Waals surface area contributed by atoms with Crippen LogP contribution in [0.5, 0.6) is 0 Å². The van der Waals surface area contributed by atoms with E-state index in [0.717, 1.165) is 6.08 Å². The quantitative estimate of drug-likeness (QED) is 0.473. The third-order valence-electron chi connectivity index (χ3n) is 3.83. The largest absolute Gasteiger partial charge is 0.457 e. The van der Waals surface area contributed by atoms with Crippen LogP contribution in [0.4, 0.5) is 9.39 Å². The van der Waals surface area contributed by atoms with Gasteiger partial charge in [-0.1, -0.05) is 12.1 Å². The smallest absolute Gasteiger partial charge is 0.331 e. The predicted molar refractivity (Wildman–Crippen MR) is 106 cm³/mol. The maximum absolute atomic E-state index is 13.8. The molecule has 29 heavy (non-hydrogen) atoms. The highest BCUT2D eigenvalue weighted by Crippen LogP contribution is 2.25. The molecule has 1 amide bonds. The Morgan fingerprint density at radius 2 is 2.07 bits per heavy atom. The van der Waals surface area contributed by atoms with E-state index in [2.05, 4.69) is 5.32 Å². The Hall–Kier alpha value is -3.70. The van der Waals surface area contributed by atoms with Crippen molar-refractivity contribution < 1.29 is 23.1 Å². The average molecular weight is 410 g/mol. The van der Waals surface area contributed by atoms with Gasteiger partial charge in [0.05, 0.1) is 11.1 Å². The van der Waals surface area contributed by atoms with E-state index in [0.29, 0.717) is 27.6 Å². The van der Waals surface area contributed by atoms with E-state index in [4.69, 9.17) is 14.4 Å². The number of nitriles is 1. The first-order chi connectivity index (χ1) is 14.0. The minimum atomic E-state index is -1.06. The van der Waals surface area contributed by atoms with Gasteiger partial charge in [-0.15, -0.1) is 11.3 Å². The molecule has 1 N–H and O–H groups in total. The summed E-state index contributed by atoms with van der Waals surface area (Å²) in [5.74, 6) is -1.06. The lowest BCUT2D eigenvalue weighted by Crippen LogP contribution is -2.29. The van der Waals surface area contributed by atoms with Gasteiger partial charge in [-0.05, 0) is 48.7 Å². The fraction of sp³-hybridized carbons (Fsp3) is 0.0952. The zero-order valence-electron chi connectivity index (χ0n) is 15.2. The summed E-state index contributed by atoms with van der Waals surface area (Å²) in [6, 6.07) is 12.9. The zero-order chi connectivity index (χ0) is 20.8. The normalized spacial score (nSPS) is 11.8. The topological polar surface area (TPSA) is 92.3 Å². The fourth-order valence-corrected chi connectivity index (χ4v) is 3.11. The van der Waals surface area contributed by atoms with Crippen molar-refractivity contribution in [2.24, 2.45) is 0 Å². The molecule has 146 valence electrons. The molecule has 0 aliphatic heterocycles. The number of halogens is 1. The third kappa shape index (κ3) is 4.97. The van der Waals surface area contributed by atoms with Crippen LogP contribution in [0.3, 0.4) is 0 Å². The van der Waals surface area contributed by atoms with Crippen LogP contribution < -0.4 is 5.32 Å². The summed E-state index contributed by atoms with van der Waals surface area (Å²) >= 11 is 1.20. The third-order valence-corrected chi connectivity index (χ3v) is 4.66. The SMILES string of the molecule is C[C@H](OC(=O)/C=C/c1ccc(-c2ccccc2F)o1)C(=O)Nc1sccc1C#N. The van der Waals surface area contributed by atoms with Gasteiger partial charge in [-0.25, -0.2) is 9.18 Å². The molecule has 0 saturated carbocycles. The minimum Gasteiger partial charge on any atom is -0.457 e. The molecule has 0 saturated heterocycles. The van der Waals surface area contributed by atoms with Crippen molar-refractivity contribution in [3.8, 4) is 17.4 Å². The van der Waals surface area contributed by atoms with Crippen molar-refractivity contribution in [2.45, 2.75) is 13.0 Å². The second kappa shape index (κ2) is 8.99. The molecular weight excluding hydrogens is 395 g/mol. The molecule has 1 aromatic carbocycles. The minimum absolute atomic E-state index is 0.310. The molecule has 0 fully saturated rings. The number of thiophene rings is 1. The lowest BCUT2D eigenvalue weighted by molar-refractivity contribution is -0.148. The molecular formula is C21H15FN2O4S. The van der Waals surface area contributed by atoms with E-state index >= 15 is 0 Å². The molecule has 0 aliphatic carbocycles. The summed E-state index contributed by atoms with van der Waals surface area (Å²) in [5, 5.41) is 13.6. The van der Waals surface area contributed by atoms with Gasteiger partial charge >= 0.3 is 5.97 Å². The number of carbonyl (C=O) groups excluding carboxylic acids is 2. The fourth-order valence-electron chi connectivity index (χ4n) is 2.37. The number of nitrogens with one attached hydrogen (secondary N) is 1. The second-order valence-corrected chi connectivity index (χ2v) is 6.77. The summed E-state index contributed by atoms with van der Waals surface area (Å²) < 4.78 is 24.3. The molecule has 2 aromatic heterocycles. The first kappa shape index (κ1) is 20.0. The number of anilines is 1. The summed E-state index contributed by atoms with van der Waals surface area (Å²) in [6.45, 7) is 1.42. The van der Waals surface area contributed by atoms with Crippen LogP contribution >= 0.6 is 11.3 Å². The lowest BCUT2D eigenvalue weighted by Gasteiger charge is -2.11. The van der Waals surface area contributed by atoms with E-state index in [9.17, 15) is 14.0 Å². The van der Waals surface area contributed by atoms with E-state index in [-0.39, 0.29) is 0 Å². The number of amides is 1. The molecule has 3 rings (SSSR count). The first-order valence-corrected chi connectivity index (χ1v) is 9.38. The Morgan fingerprint density at radius 1 is 1.28 bits per heavy atom. The van der Waals surface area contributed by atoms with Crippen molar-refractivity contribution in [3.05, 3.63) is 71.1 Å². The number of rotatable bonds is 6. The summed E-state index contributed by atoms with van der Waals surface area (Å²) in [5.41, 5.74) is 0.649. The van der Waals surface area contributed by atoms with Crippen molar-refractivity contribution in [1.29, 1.82) is 5.26 Å². The highest BCUT2D eigenvalue weighted by Gasteiger charge is 2.18. The first-order valence-electron chi connectivity index (χ1n) is 8.50. The van der Waals surface area contributed by atoms with Crippen LogP contribution in [0.15, 0.2) is 58.3 Å². The number of nitrogens with zero attached hydrogens (tertiary/aromatic N) is 1. The van der Waals surface area contributed by atoms with Crippen LogP contribution in [-0.4, -0.2) is 18.0 Å². The molecule has 3 aromatic rings. The number of hydrogen-bond acceptors (Lipinski definition) is 6. The molecule has 1 atom stereocenters. The standard InChI is InChI=1S/C21H15FN2O4S/c1-13(20(26)24-21-14(12-23)10-11-29-21)27-19(25)9-7-15-6-8-18(28-15)16-4-2-3-5-17(16)22/h2-11,13H,1H3,(H,24,26)/b9-7+/t13-/m0/s1. The van der Waals surface area contributed by atoms with Crippen LogP contribution in [0.1, 0.15) is 18.2 Å². The number of carbonyl (C=O) groups is 2. The van der Waals surface area contributed by atoms with E-state index < -0.39 is 23.8 Å². The zero-order valence-corrected chi connectivity index (χ0v) is 16.0. The van der Waals surface area contributed by atoms with E-state index in [1.54, 1.807) is 41.8 Å². The molecule has 0 bridgehead atoms. The van der Waals surface area contributed by atoms with Gasteiger partial charge < -0.3 is 14.5 Å². The Balaban J connectivity index is 1.58. The Bertz CT molecular complexity index is 1110. The molecule has 0 unspecified atom stereocenters. The number of hydrogen-bond donors (Lipinski definition) is 1. The maximum atomic E-state index is 13.8. The average Bonchev–Trinajstić information content (AvgIpc) is 3.35. The highest BCUT2D eigenvalue weighted by molar-refractivity contribution is 7.14. The van der Waals surface area contributed by atoms with Gasteiger partial charge in [0.25, 0.3) is 5.91 Å². The Morgan fingerprint density at radius 3 is 2.83 bits per heavy atom. The number of ether oxygens (including phenoxy) is 1. The van der Waals surface area contributed by atoms with Crippen molar-refractivity contribution in [1.82, 2.24) is 0 Å². The van der Waals surface area contributed by atoms with Gasteiger partial charge in [-0.3, -0.25) is 4.79 Å². The number of benzene rings is 1. The highest BCUT2D eigenvalue weighted by atomic mass is 32.1. The van der Waals surface area contributed by atoms with Gasteiger partial charge in [0.1, 0.15) is 28.4 Å². The predicted octanol–water partition coefficient (Wildman–Crippen LogP) is 4.60. The van der Waals surface area contributed by atoms with E-state index in [1.807, 2.05) is 6.07 Å². The Kier molecular flexibility index (Phi) is 6.22. The van der Waals surface area contributed by atoms with Crippen LogP contribution in [0, 0.1) is 17.1 Å². The van der Waals surface area contributed by atoms with Crippen LogP contribution in [0.25, 0.3) is 17.4 Å². The molecule has 0 radical (unpaired) electrons. The van der Waals surface area contributed by atoms with Gasteiger partial charge in [0.2, 0.25) is 0 Å². The maximum Gasteiger partial charge on any atom is 0.331 e. The molecule has 0 aliphatic rings. The lowest BCUT2D eigenvalue weighted by atomic mass is 10.1. The summed E-state index contributed by atoms with van der Waals surface area (Å²) in [6.07, 6.45) is 1.41.